The third-order valence-corrected chi connectivity index (χ3v) is 6.93. The molecule has 1 fully saturated rings. The van der Waals surface area contributed by atoms with Gasteiger partial charge in [0.1, 0.15) is 17.8 Å². The summed E-state index contributed by atoms with van der Waals surface area (Å²) in [4.78, 5) is 6.43. The van der Waals surface area contributed by atoms with Gasteiger partial charge in [0.15, 0.2) is 5.96 Å². The fourth-order valence-corrected chi connectivity index (χ4v) is 5.07. The molecule has 3 heterocycles. The van der Waals surface area contributed by atoms with Crippen LogP contribution in [0, 0.1) is 13.8 Å². The summed E-state index contributed by atoms with van der Waals surface area (Å²) in [7, 11) is -1.69. The topological polar surface area (TPSA) is 117 Å². The maximum atomic E-state index is 12.6. The number of nitrogens with zero attached hydrogens (tertiary/aromatic N) is 5. The summed E-state index contributed by atoms with van der Waals surface area (Å²) in [5.41, 5.74) is 2.42. The molecule has 12 heteroatoms. The second-order valence-electron chi connectivity index (χ2n) is 7.20. The molecule has 0 bridgehead atoms. The van der Waals surface area contributed by atoms with E-state index in [1.165, 1.54) is 10.6 Å². The number of aryl methyl sites for hydroxylation is 2. The van der Waals surface area contributed by atoms with Crippen LogP contribution in [0.25, 0.3) is 0 Å². The molecule has 3 rings (SSSR count). The van der Waals surface area contributed by atoms with Crippen molar-refractivity contribution in [1.29, 1.82) is 0 Å². The summed E-state index contributed by atoms with van der Waals surface area (Å²) in [6.07, 6.45) is 1.38. The van der Waals surface area contributed by atoms with Crippen molar-refractivity contribution in [3.8, 4) is 0 Å². The van der Waals surface area contributed by atoms with Crippen LogP contribution < -0.4 is 5.32 Å². The molecule has 1 atom stereocenters. The van der Waals surface area contributed by atoms with Crippen molar-refractivity contribution in [2.45, 2.75) is 32.4 Å². The fraction of sp³-hybridized carbons (Fsp3) is 0.611. The van der Waals surface area contributed by atoms with Gasteiger partial charge in [-0.25, -0.2) is 8.42 Å². The first-order valence-electron chi connectivity index (χ1n) is 9.57. The second-order valence-corrected chi connectivity index (χ2v) is 9.17. The number of hydrogen-bond donors (Lipinski definition) is 1. The Kier molecular flexibility index (Phi) is 8.67. The maximum absolute atomic E-state index is 12.6. The standard InChI is InChI=1S/C18H28N6O4S.HI/c1-13(17-14(2)21-28-15(17)3)11-20-18(19-4)23-6-8-24(9-7-23)29(25,26)12-16-5-10-27-22-16;/h5,10,13H,6-9,11-12H2,1-4H3,(H,19,20);1H. The third-order valence-electron chi connectivity index (χ3n) is 5.11. The Hall–Kier alpha value is -1.67. The van der Waals surface area contributed by atoms with E-state index in [1.54, 1.807) is 13.1 Å². The van der Waals surface area contributed by atoms with Gasteiger partial charge in [0, 0.05) is 57.3 Å². The molecule has 0 radical (unpaired) electrons. The molecule has 1 unspecified atom stereocenters. The number of rotatable bonds is 6. The van der Waals surface area contributed by atoms with Crippen molar-refractivity contribution in [3.05, 3.63) is 35.0 Å². The first-order chi connectivity index (χ1) is 13.8. The Morgan fingerprint density at radius 3 is 2.50 bits per heavy atom. The van der Waals surface area contributed by atoms with Crippen molar-refractivity contribution in [3.63, 3.8) is 0 Å². The molecular weight excluding hydrogens is 523 g/mol. The van der Waals surface area contributed by atoms with Gasteiger partial charge < -0.3 is 19.3 Å². The fourth-order valence-electron chi connectivity index (χ4n) is 3.64. The molecule has 0 saturated carbocycles. The summed E-state index contributed by atoms with van der Waals surface area (Å²) >= 11 is 0. The van der Waals surface area contributed by atoms with Crippen LogP contribution in [-0.4, -0.2) is 73.7 Å². The molecule has 2 aromatic rings. The number of hydrogen-bond acceptors (Lipinski definition) is 7. The zero-order valence-electron chi connectivity index (χ0n) is 17.7. The SMILES string of the molecule is CN=C(NCC(C)c1c(C)noc1C)N1CCN(S(=O)(=O)Cc2ccon2)CC1.I. The first kappa shape index (κ1) is 24.6. The summed E-state index contributed by atoms with van der Waals surface area (Å²) in [6, 6.07) is 1.57. The summed E-state index contributed by atoms with van der Waals surface area (Å²) in [5, 5.41) is 11.1. The number of guanidine groups is 1. The monoisotopic (exact) mass is 552 g/mol. The molecule has 2 aromatic heterocycles. The van der Waals surface area contributed by atoms with Crippen molar-refractivity contribution in [2.75, 3.05) is 39.8 Å². The van der Waals surface area contributed by atoms with Crippen molar-refractivity contribution >= 4 is 40.0 Å². The number of aromatic nitrogens is 2. The normalized spacial score (nSPS) is 16.9. The average Bonchev–Trinajstić information content (AvgIpc) is 3.31. The third kappa shape index (κ3) is 5.72. The smallest absolute Gasteiger partial charge is 0.220 e. The molecular formula is C18H29IN6O4S. The summed E-state index contributed by atoms with van der Waals surface area (Å²) < 4.78 is 36.6. The molecule has 10 nitrogen and oxygen atoms in total. The Balaban J connectivity index is 0.00000320. The van der Waals surface area contributed by atoms with Crippen molar-refractivity contribution in [1.82, 2.24) is 24.8 Å². The number of piperazine rings is 1. The van der Waals surface area contributed by atoms with E-state index < -0.39 is 10.0 Å². The minimum Gasteiger partial charge on any atom is -0.364 e. The highest BCUT2D eigenvalue weighted by Gasteiger charge is 2.29. The molecule has 1 aliphatic rings. The van der Waals surface area contributed by atoms with E-state index in [1.807, 2.05) is 13.8 Å². The molecule has 0 amide bonds. The minimum absolute atomic E-state index is 0. The maximum Gasteiger partial charge on any atom is 0.220 e. The minimum atomic E-state index is -3.42. The van der Waals surface area contributed by atoms with E-state index in [2.05, 4.69) is 32.4 Å². The molecule has 30 heavy (non-hydrogen) atoms. The van der Waals surface area contributed by atoms with Gasteiger partial charge in [-0.3, -0.25) is 4.99 Å². The van der Waals surface area contributed by atoms with Gasteiger partial charge in [-0.2, -0.15) is 4.31 Å². The molecule has 1 aliphatic heterocycles. The van der Waals surface area contributed by atoms with Crippen LogP contribution in [0.2, 0.25) is 0 Å². The Bertz CT molecular complexity index is 917. The predicted molar refractivity (Wildman–Crippen MR) is 123 cm³/mol. The number of sulfonamides is 1. The largest absolute Gasteiger partial charge is 0.364 e. The number of aliphatic imine (C=N–C) groups is 1. The van der Waals surface area contributed by atoms with Gasteiger partial charge in [0.25, 0.3) is 0 Å². The Morgan fingerprint density at radius 2 is 1.97 bits per heavy atom. The van der Waals surface area contributed by atoms with Crippen LogP contribution >= 0.6 is 24.0 Å². The van der Waals surface area contributed by atoms with Crippen LogP contribution in [-0.2, 0) is 15.8 Å². The average molecular weight is 552 g/mol. The van der Waals surface area contributed by atoms with Crippen LogP contribution in [0.4, 0.5) is 0 Å². The molecule has 1 N–H and O–H groups in total. The molecule has 0 spiro atoms. The van der Waals surface area contributed by atoms with Gasteiger partial charge in [0.2, 0.25) is 10.0 Å². The van der Waals surface area contributed by atoms with E-state index in [4.69, 9.17) is 9.05 Å². The predicted octanol–water partition coefficient (Wildman–Crippen LogP) is 1.72. The molecule has 0 aromatic carbocycles. The van der Waals surface area contributed by atoms with E-state index in [-0.39, 0.29) is 35.6 Å². The number of nitrogens with one attached hydrogen (secondary N) is 1. The highest BCUT2D eigenvalue weighted by molar-refractivity contribution is 14.0. The summed E-state index contributed by atoms with van der Waals surface area (Å²) in [5.74, 6) is 1.66. The highest BCUT2D eigenvalue weighted by atomic mass is 127. The van der Waals surface area contributed by atoms with Crippen LogP contribution in [0.15, 0.2) is 26.4 Å². The lowest BCUT2D eigenvalue weighted by Crippen LogP contribution is -2.54. The van der Waals surface area contributed by atoms with E-state index in [0.717, 1.165) is 23.0 Å². The Labute approximate surface area is 194 Å². The highest BCUT2D eigenvalue weighted by Crippen LogP contribution is 2.22. The number of halogens is 1. The van der Waals surface area contributed by atoms with Gasteiger partial charge >= 0.3 is 0 Å². The lowest BCUT2D eigenvalue weighted by Gasteiger charge is -2.36. The summed E-state index contributed by atoms with van der Waals surface area (Å²) in [6.45, 7) is 8.59. The van der Waals surface area contributed by atoms with Gasteiger partial charge in [-0.05, 0) is 13.8 Å². The van der Waals surface area contributed by atoms with Crippen LogP contribution in [0.1, 0.15) is 35.6 Å². The molecule has 0 aliphatic carbocycles. The van der Waals surface area contributed by atoms with Gasteiger partial charge in [-0.1, -0.05) is 17.2 Å². The lowest BCUT2D eigenvalue weighted by molar-refractivity contribution is 0.259. The van der Waals surface area contributed by atoms with E-state index in [9.17, 15) is 8.42 Å². The van der Waals surface area contributed by atoms with E-state index >= 15 is 0 Å². The van der Waals surface area contributed by atoms with Gasteiger partial charge in [-0.15, -0.1) is 24.0 Å². The van der Waals surface area contributed by atoms with Gasteiger partial charge in [0.05, 0.1) is 11.4 Å². The van der Waals surface area contributed by atoms with Crippen LogP contribution in [0.5, 0.6) is 0 Å². The molecule has 168 valence electrons. The first-order valence-corrected chi connectivity index (χ1v) is 11.2. The van der Waals surface area contributed by atoms with Crippen molar-refractivity contribution < 1.29 is 17.5 Å². The Morgan fingerprint density at radius 1 is 1.27 bits per heavy atom. The zero-order valence-corrected chi connectivity index (χ0v) is 20.8. The molecule has 1 saturated heterocycles. The lowest BCUT2D eigenvalue weighted by atomic mass is 10.00. The quantitative estimate of drug-likeness (QED) is 0.327. The second kappa shape index (κ2) is 10.6. The van der Waals surface area contributed by atoms with Crippen molar-refractivity contribution in [2.24, 2.45) is 4.99 Å². The zero-order chi connectivity index (χ0) is 21.0. The van der Waals surface area contributed by atoms with E-state index in [0.29, 0.717) is 38.4 Å². The van der Waals surface area contributed by atoms with Crippen LogP contribution in [0.3, 0.4) is 0 Å².